The molecular formula is C12H16N6O2. The number of hydrogen-bond acceptors (Lipinski definition) is 6. The molecule has 1 aromatic carbocycles. The standard InChI is InChI=1S/C12H16N6O2/c1-8-5-9(15-12(19)11(6-13)20-2)3-4-10(8)18-7-14-16-17-18/h3-5,7,11H,6,13H2,1-2H3,(H,15,19). The Balaban J connectivity index is 2.16. The van der Waals surface area contributed by atoms with Crippen LogP contribution in [-0.2, 0) is 9.53 Å². The number of tetrazole rings is 1. The molecule has 0 saturated heterocycles. The van der Waals surface area contributed by atoms with Crippen LogP contribution in [-0.4, -0.2) is 45.9 Å². The molecule has 8 heteroatoms. The summed E-state index contributed by atoms with van der Waals surface area (Å²) in [6, 6.07) is 5.43. The maximum atomic E-state index is 11.8. The minimum atomic E-state index is -0.658. The second kappa shape index (κ2) is 6.22. The lowest BCUT2D eigenvalue weighted by Gasteiger charge is -2.14. The number of amides is 1. The third kappa shape index (κ3) is 2.98. The average molecular weight is 276 g/mol. The Morgan fingerprint density at radius 2 is 2.35 bits per heavy atom. The second-order valence-corrected chi connectivity index (χ2v) is 4.20. The van der Waals surface area contributed by atoms with Gasteiger partial charge in [0.1, 0.15) is 12.4 Å². The Kier molecular flexibility index (Phi) is 4.38. The van der Waals surface area contributed by atoms with Crippen molar-refractivity contribution in [1.29, 1.82) is 0 Å². The molecule has 0 aliphatic rings. The number of ether oxygens (including phenoxy) is 1. The zero-order chi connectivity index (χ0) is 14.5. The van der Waals surface area contributed by atoms with E-state index < -0.39 is 6.10 Å². The number of nitrogens with zero attached hydrogens (tertiary/aromatic N) is 4. The first kappa shape index (κ1) is 14.1. The quantitative estimate of drug-likeness (QED) is 0.788. The van der Waals surface area contributed by atoms with Crippen LogP contribution in [0.1, 0.15) is 5.56 Å². The molecule has 1 atom stereocenters. The van der Waals surface area contributed by atoms with Crippen LogP contribution in [0.25, 0.3) is 5.69 Å². The van der Waals surface area contributed by atoms with Gasteiger partial charge in [0.2, 0.25) is 0 Å². The average Bonchev–Trinajstić information content (AvgIpc) is 2.94. The Hall–Kier alpha value is -2.32. The maximum Gasteiger partial charge on any atom is 0.254 e. The van der Waals surface area contributed by atoms with Gasteiger partial charge in [0.05, 0.1) is 5.69 Å². The highest BCUT2D eigenvalue weighted by molar-refractivity contribution is 5.94. The number of aryl methyl sites for hydroxylation is 1. The van der Waals surface area contributed by atoms with E-state index in [-0.39, 0.29) is 12.5 Å². The SMILES string of the molecule is COC(CN)C(=O)Nc1ccc(-n2cnnn2)c(C)c1. The van der Waals surface area contributed by atoms with Gasteiger partial charge in [-0.3, -0.25) is 4.79 Å². The minimum absolute atomic E-state index is 0.129. The number of rotatable bonds is 5. The van der Waals surface area contributed by atoms with E-state index in [2.05, 4.69) is 20.8 Å². The van der Waals surface area contributed by atoms with Crippen molar-refractivity contribution in [3.05, 3.63) is 30.1 Å². The fraction of sp³-hybridized carbons (Fsp3) is 0.333. The molecule has 2 rings (SSSR count). The smallest absolute Gasteiger partial charge is 0.254 e. The predicted molar refractivity (Wildman–Crippen MR) is 72.4 cm³/mol. The van der Waals surface area contributed by atoms with Gasteiger partial charge in [0.15, 0.2) is 0 Å². The molecule has 1 aromatic heterocycles. The van der Waals surface area contributed by atoms with E-state index in [0.717, 1.165) is 11.3 Å². The molecule has 0 aliphatic heterocycles. The van der Waals surface area contributed by atoms with Gasteiger partial charge in [-0.1, -0.05) is 0 Å². The molecule has 0 radical (unpaired) electrons. The number of carbonyl (C=O) groups excluding carboxylic acids is 1. The molecule has 20 heavy (non-hydrogen) atoms. The van der Waals surface area contributed by atoms with Crippen molar-refractivity contribution in [2.45, 2.75) is 13.0 Å². The van der Waals surface area contributed by atoms with E-state index >= 15 is 0 Å². The number of anilines is 1. The van der Waals surface area contributed by atoms with Crippen molar-refractivity contribution in [2.75, 3.05) is 19.0 Å². The summed E-state index contributed by atoms with van der Waals surface area (Å²) in [5.74, 6) is -0.274. The topological polar surface area (TPSA) is 108 Å². The summed E-state index contributed by atoms with van der Waals surface area (Å²) < 4.78 is 6.53. The first-order valence-electron chi connectivity index (χ1n) is 6.03. The molecule has 0 bridgehead atoms. The molecule has 106 valence electrons. The Bertz CT molecular complexity index is 580. The fourth-order valence-electron chi connectivity index (χ4n) is 1.79. The van der Waals surface area contributed by atoms with Crippen molar-refractivity contribution in [3.8, 4) is 5.69 Å². The van der Waals surface area contributed by atoms with Gasteiger partial charge in [0.25, 0.3) is 5.91 Å². The molecular weight excluding hydrogens is 260 g/mol. The molecule has 0 fully saturated rings. The summed E-state index contributed by atoms with van der Waals surface area (Å²) in [5, 5.41) is 13.8. The summed E-state index contributed by atoms with van der Waals surface area (Å²) in [6.45, 7) is 2.04. The molecule has 0 spiro atoms. The zero-order valence-electron chi connectivity index (χ0n) is 11.3. The highest BCUT2D eigenvalue weighted by Gasteiger charge is 2.16. The van der Waals surface area contributed by atoms with E-state index in [1.807, 2.05) is 19.1 Å². The molecule has 0 aliphatic carbocycles. The van der Waals surface area contributed by atoms with Crippen LogP contribution < -0.4 is 11.1 Å². The van der Waals surface area contributed by atoms with E-state index in [9.17, 15) is 4.79 Å². The van der Waals surface area contributed by atoms with Gasteiger partial charge in [0, 0.05) is 19.3 Å². The van der Waals surface area contributed by atoms with E-state index in [0.29, 0.717) is 5.69 Å². The Morgan fingerprint density at radius 1 is 1.55 bits per heavy atom. The van der Waals surface area contributed by atoms with Crippen LogP contribution in [0.5, 0.6) is 0 Å². The Labute approximate surface area is 115 Å². The number of hydrogen-bond donors (Lipinski definition) is 2. The van der Waals surface area contributed by atoms with Crippen molar-refractivity contribution in [2.24, 2.45) is 5.73 Å². The van der Waals surface area contributed by atoms with Crippen LogP contribution in [0, 0.1) is 6.92 Å². The molecule has 2 aromatic rings. The zero-order valence-corrected chi connectivity index (χ0v) is 11.3. The predicted octanol–water partition coefficient (Wildman–Crippen LogP) is -0.117. The molecule has 1 unspecified atom stereocenters. The molecule has 8 nitrogen and oxygen atoms in total. The highest BCUT2D eigenvalue weighted by Crippen LogP contribution is 2.18. The number of aromatic nitrogens is 4. The minimum Gasteiger partial charge on any atom is -0.370 e. The molecule has 1 heterocycles. The second-order valence-electron chi connectivity index (χ2n) is 4.20. The summed E-state index contributed by atoms with van der Waals surface area (Å²) in [7, 11) is 1.45. The normalized spacial score (nSPS) is 12.2. The first-order chi connectivity index (χ1) is 9.65. The third-order valence-corrected chi connectivity index (χ3v) is 2.85. The van der Waals surface area contributed by atoms with E-state index in [1.54, 1.807) is 10.7 Å². The summed E-state index contributed by atoms with van der Waals surface area (Å²) >= 11 is 0. The summed E-state index contributed by atoms with van der Waals surface area (Å²) in [5.41, 5.74) is 7.88. The highest BCUT2D eigenvalue weighted by atomic mass is 16.5. The summed E-state index contributed by atoms with van der Waals surface area (Å²) in [6.07, 6.45) is 0.852. The van der Waals surface area contributed by atoms with Crippen LogP contribution in [0.3, 0.4) is 0 Å². The number of methoxy groups -OCH3 is 1. The van der Waals surface area contributed by atoms with Gasteiger partial charge in [-0.15, -0.1) is 5.10 Å². The van der Waals surface area contributed by atoms with E-state index in [1.165, 1.54) is 13.4 Å². The monoisotopic (exact) mass is 276 g/mol. The molecule has 3 N–H and O–H groups in total. The van der Waals surface area contributed by atoms with Gasteiger partial charge >= 0.3 is 0 Å². The van der Waals surface area contributed by atoms with E-state index in [4.69, 9.17) is 10.5 Å². The van der Waals surface area contributed by atoms with Gasteiger partial charge in [-0.25, -0.2) is 4.68 Å². The molecule has 0 saturated carbocycles. The van der Waals surface area contributed by atoms with Crippen LogP contribution in [0.15, 0.2) is 24.5 Å². The van der Waals surface area contributed by atoms with Crippen molar-refractivity contribution in [3.63, 3.8) is 0 Å². The number of nitrogens with two attached hydrogens (primary N) is 1. The van der Waals surface area contributed by atoms with Crippen molar-refractivity contribution >= 4 is 11.6 Å². The van der Waals surface area contributed by atoms with Crippen molar-refractivity contribution in [1.82, 2.24) is 20.2 Å². The number of benzene rings is 1. The van der Waals surface area contributed by atoms with Gasteiger partial charge < -0.3 is 15.8 Å². The van der Waals surface area contributed by atoms with Crippen LogP contribution in [0.2, 0.25) is 0 Å². The molecule has 1 amide bonds. The summed E-state index contributed by atoms with van der Waals surface area (Å²) in [4.78, 5) is 11.8. The third-order valence-electron chi connectivity index (χ3n) is 2.85. The fourth-order valence-corrected chi connectivity index (χ4v) is 1.79. The van der Waals surface area contributed by atoms with Gasteiger partial charge in [-0.2, -0.15) is 0 Å². The lowest BCUT2D eigenvalue weighted by atomic mass is 10.1. The van der Waals surface area contributed by atoms with Gasteiger partial charge in [-0.05, 0) is 41.1 Å². The van der Waals surface area contributed by atoms with Crippen molar-refractivity contribution < 1.29 is 9.53 Å². The van der Waals surface area contributed by atoms with Crippen LogP contribution in [0.4, 0.5) is 5.69 Å². The first-order valence-corrected chi connectivity index (χ1v) is 6.03. The van der Waals surface area contributed by atoms with Crippen LogP contribution >= 0.6 is 0 Å². The maximum absolute atomic E-state index is 11.8. The lowest BCUT2D eigenvalue weighted by Crippen LogP contribution is -2.35. The number of nitrogens with one attached hydrogen (secondary N) is 1. The largest absolute Gasteiger partial charge is 0.370 e. The lowest BCUT2D eigenvalue weighted by molar-refractivity contribution is -0.125. The Morgan fingerprint density at radius 3 is 2.90 bits per heavy atom. The number of carbonyl (C=O) groups is 1.